The summed E-state index contributed by atoms with van der Waals surface area (Å²) in [7, 11) is 0. The van der Waals surface area contributed by atoms with Gasteiger partial charge in [-0.1, -0.05) is 12.8 Å². The summed E-state index contributed by atoms with van der Waals surface area (Å²) in [6, 6.07) is 0.465. The van der Waals surface area contributed by atoms with E-state index in [0.29, 0.717) is 6.04 Å². The Morgan fingerprint density at radius 2 is 2.22 bits per heavy atom. The zero-order valence-electron chi connectivity index (χ0n) is 10.5. The summed E-state index contributed by atoms with van der Waals surface area (Å²) in [6.45, 7) is 1.16. The van der Waals surface area contributed by atoms with Crippen LogP contribution < -0.4 is 5.73 Å². The molecule has 2 atom stereocenters. The van der Waals surface area contributed by atoms with Crippen LogP contribution in [0.5, 0.6) is 0 Å². The predicted octanol–water partition coefficient (Wildman–Crippen LogP) is 0.651. The monoisotopic (exact) mass is 249 g/mol. The summed E-state index contributed by atoms with van der Waals surface area (Å²) in [5.74, 6) is 1.09. The van der Waals surface area contributed by atoms with Crippen LogP contribution in [0.2, 0.25) is 0 Å². The van der Waals surface area contributed by atoms with Crippen molar-refractivity contribution in [2.24, 2.45) is 5.92 Å². The summed E-state index contributed by atoms with van der Waals surface area (Å²) >= 11 is 0. The number of anilines is 1. The van der Waals surface area contributed by atoms with Crippen molar-refractivity contribution in [1.82, 2.24) is 19.7 Å². The number of fused-ring (bicyclic) bond motifs is 1. The lowest BCUT2D eigenvalue weighted by Crippen LogP contribution is -2.41. The van der Waals surface area contributed by atoms with Gasteiger partial charge in [-0.05, 0) is 25.2 Å². The third-order valence-corrected chi connectivity index (χ3v) is 4.18. The highest BCUT2D eigenvalue weighted by molar-refractivity contribution is 5.76. The van der Waals surface area contributed by atoms with Crippen molar-refractivity contribution in [3.8, 4) is 0 Å². The van der Waals surface area contributed by atoms with Gasteiger partial charge in [-0.15, -0.1) is 5.10 Å². The fraction of sp³-hybridized carbons (Fsp3) is 0.750. The Kier molecular flexibility index (Phi) is 2.93. The van der Waals surface area contributed by atoms with Gasteiger partial charge in [0.15, 0.2) is 0 Å². The molecular weight excluding hydrogens is 230 g/mol. The van der Waals surface area contributed by atoms with Crippen LogP contribution in [-0.2, 0) is 11.3 Å². The molecular formula is C12H19N5O. The van der Waals surface area contributed by atoms with Gasteiger partial charge in [0.05, 0.1) is 0 Å². The summed E-state index contributed by atoms with van der Waals surface area (Å²) in [5, 5.41) is 3.96. The van der Waals surface area contributed by atoms with E-state index in [1.165, 1.54) is 30.3 Å². The van der Waals surface area contributed by atoms with Crippen LogP contribution in [0, 0.1) is 5.92 Å². The van der Waals surface area contributed by atoms with Gasteiger partial charge in [-0.2, -0.15) is 0 Å². The summed E-state index contributed by atoms with van der Waals surface area (Å²) < 4.78 is 1.52. The highest BCUT2D eigenvalue weighted by atomic mass is 16.2. The molecule has 6 nitrogen and oxygen atoms in total. The largest absolute Gasteiger partial charge is 0.367 e. The molecule has 6 heteroatoms. The molecule has 2 aliphatic rings. The van der Waals surface area contributed by atoms with Crippen molar-refractivity contribution in [3.05, 3.63) is 6.33 Å². The third-order valence-electron chi connectivity index (χ3n) is 4.18. The first-order valence-electron chi connectivity index (χ1n) is 6.68. The van der Waals surface area contributed by atoms with Gasteiger partial charge in [-0.3, -0.25) is 4.79 Å². The van der Waals surface area contributed by atoms with Crippen molar-refractivity contribution >= 4 is 11.9 Å². The van der Waals surface area contributed by atoms with Gasteiger partial charge in [0.1, 0.15) is 12.9 Å². The van der Waals surface area contributed by atoms with Gasteiger partial charge in [0, 0.05) is 12.6 Å². The maximum Gasteiger partial charge on any atom is 0.244 e. The Bertz CT molecular complexity index is 443. The van der Waals surface area contributed by atoms with Crippen molar-refractivity contribution in [2.45, 2.75) is 44.7 Å². The standard InChI is InChI=1S/C12H19N5O/c13-12-14-8-16(15-12)7-11(18)17-6-5-9-3-1-2-4-10(9)17/h8-10H,1-7H2,(H2,13,15). The molecule has 18 heavy (non-hydrogen) atoms. The van der Waals surface area contributed by atoms with Crippen molar-refractivity contribution < 1.29 is 4.79 Å². The minimum atomic E-state index is 0.148. The lowest BCUT2D eigenvalue weighted by Gasteiger charge is -2.31. The average Bonchev–Trinajstić information content (AvgIpc) is 2.95. The van der Waals surface area contributed by atoms with Gasteiger partial charge < -0.3 is 10.6 Å². The van der Waals surface area contributed by atoms with Gasteiger partial charge in [0.2, 0.25) is 11.9 Å². The van der Waals surface area contributed by atoms with Crippen LogP contribution in [0.3, 0.4) is 0 Å². The van der Waals surface area contributed by atoms with E-state index in [2.05, 4.69) is 10.1 Å². The normalized spacial score (nSPS) is 27.2. The number of amides is 1. The van der Waals surface area contributed by atoms with E-state index in [4.69, 9.17) is 5.73 Å². The summed E-state index contributed by atoms with van der Waals surface area (Å²) in [4.78, 5) is 18.2. The van der Waals surface area contributed by atoms with E-state index in [9.17, 15) is 4.79 Å². The van der Waals surface area contributed by atoms with Crippen LogP contribution in [0.15, 0.2) is 6.33 Å². The molecule has 1 aliphatic heterocycles. The molecule has 98 valence electrons. The van der Waals surface area contributed by atoms with Crippen LogP contribution >= 0.6 is 0 Å². The van der Waals surface area contributed by atoms with Gasteiger partial charge in [-0.25, -0.2) is 9.67 Å². The second-order valence-corrected chi connectivity index (χ2v) is 5.29. The number of nitrogen functional groups attached to an aromatic ring is 1. The zero-order valence-corrected chi connectivity index (χ0v) is 10.5. The fourth-order valence-corrected chi connectivity index (χ4v) is 3.33. The molecule has 2 unspecified atom stereocenters. The number of hydrogen-bond donors (Lipinski definition) is 1. The van der Waals surface area contributed by atoms with Crippen LogP contribution in [-0.4, -0.2) is 38.2 Å². The molecule has 1 aromatic heterocycles. The number of likely N-dealkylation sites (tertiary alicyclic amines) is 1. The molecule has 0 aromatic carbocycles. The maximum atomic E-state index is 12.3. The molecule has 1 saturated heterocycles. The maximum absolute atomic E-state index is 12.3. The molecule has 3 rings (SSSR count). The Labute approximate surface area is 106 Å². The van der Waals surface area contributed by atoms with E-state index in [0.717, 1.165) is 25.3 Å². The van der Waals surface area contributed by atoms with Crippen LogP contribution in [0.25, 0.3) is 0 Å². The van der Waals surface area contributed by atoms with Crippen molar-refractivity contribution in [1.29, 1.82) is 0 Å². The second kappa shape index (κ2) is 4.59. The second-order valence-electron chi connectivity index (χ2n) is 5.29. The molecule has 1 aromatic rings. The first-order chi connectivity index (χ1) is 8.74. The molecule has 0 spiro atoms. The number of nitrogens with two attached hydrogens (primary N) is 1. The number of hydrogen-bond acceptors (Lipinski definition) is 4. The molecule has 0 bridgehead atoms. The lowest BCUT2D eigenvalue weighted by molar-refractivity contribution is -0.133. The summed E-state index contributed by atoms with van der Waals surface area (Å²) in [6.07, 6.45) is 7.70. The molecule has 1 amide bonds. The lowest BCUT2D eigenvalue weighted by atomic mass is 9.85. The van der Waals surface area contributed by atoms with E-state index < -0.39 is 0 Å². The van der Waals surface area contributed by atoms with Gasteiger partial charge in [0.25, 0.3) is 0 Å². The Morgan fingerprint density at radius 1 is 1.39 bits per heavy atom. The minimum absolute atomic E-state index is 0.148. The minimum Gasteiger partial charge on any atom is -0.367 e. The molecule has 2 N–H and O–H groups in total. The van der Waals surface area contributed by atoms with Crippen LogP contribution in [0.4, 0.5) is 5.95 Å². The first kappa shape index (κ1) is 11.5. The summed E-state index contributed by atoms with van der Waals surface area (Å²) in [5.41, 5.74) is 5.45. The number of rotatable bonds is 2. The molecule has 2 heterocycles. The highest BCUT2D eigenvalue weighted by Gasteiger charge is 2.37. The molecule has 2 fully saturated rings. The predicted molar refractivity (Wildman–Crippen MR) is 66.5 cm³/mol. The average molecular weight is 249 g/mol. The van der Waals surface area contributed by atoms with E-state index >= 15 is 0 Å². The first-order valence-corrected chi connectivity index (χ1v) is 6.68. The number of carbonyl (C=O) groups excluding carboxylic acids is 1. The molecule has 1 aliphatic carbocycles. The smallest absolute Gasteiger partial charge is 0.244 e. The van der Waals surface area contributed by atoms with Crippen molar-refractivity contribution in [3.63, 3.8) is 0 Å². The van der Waals surface area contributed by atoms with E-state index in [1.807, 2.05) is 4.90 Å². The zero-order chi connectivity index (χ0) is 12.5. The Hall–Kier alpha value is -1.59. The Balaban J connectivity index is 1.65. The van der Waals surface area contributed by atoms with E-state index in [-0.39, 0.29) is 18.4 Å². The molecule has 0 radical (unpaired) electrons. The Morgan fingerprint density at radius 3 is 3.00 bits per heavy atom. The third kappa shape index (κ3) is 2.07. The quantitative estimate of drug-likeness (QED) is 0.835. The van der Waals surface area contributed by atoms with Gasteiger partial charge >= 0.3 is 0 Å². The number of carbonyl (C=O) groups is 1. The number of aromatic nitrogens is 3. The highest BCUT2D eigenvalue weighted by Crippen LogP contribution is 2.36. The van der Waals surface area contributed by atoms with Crippen molar-refractivity contribution in [2.75, 3.05) is 12.3 Å². The van der Waals surface area contributed by atoms with E-state index in [1.54, 1.807) is 0 Å². The number of nitrogens with zero attached hydrogens (tertiary/aromatic N) is 4. The molecule has 1 saturated carbocycles. The topological polar surface area (TPSA) is 77.0 Å². The fourth-order valence-electron chi connectivity index (χ4n) is 3.33. The SMILES string of the molecule is Nc1ncn(CC(=O)N2CCC3CCCCC32)n1. The van der Waals surface area contributed by atoms with Crippen LogP contribution in [0.1, 0.15) is 32.1 Å².